The maximum Gasteiger partial charge on any atom is 0.331 e. The molecule has 27 heavy (non-hydrogen) atoms. The van der Waals surface area contributed by atoms with Crippen molar-refractivity contribution in [3.05, 3.63) is 11.6 Å². The summed E-state index contributed by atoms with van der Waals surface area (Å²) < 4.78 is 9.59. The van der Waals surface area contributed by atoms with E-state index < -0.39 is 48.5 Å². The highest BCUT2D eigenvalue weighted by molar-refractivity contribution is 7.80. The van der Waals surface area contributed by atoms with Gasteiger partial charge in [-0.15, -0.1) is 0 Å². The molecule has 0 aliphatic rings. The first-order valence-corrected chi connectivity index (χ1v) is 9.03. The molecule has 0 aliphatic heterocycles. The van der Waals surface area contributed by atoms with Gasteiger partial charge in [0.1, 0.15) is 12.6 Å². The van der Waals surface area contributed by atoms with Gasteiger partial charge in [-0.3, -0.25) is 9.59 Å². The summed E-state index contributed by atoms with van der Waals surface area (Å²) in [6.45, 7) is 6.46. The smallest absolute Gasteiger partial charge is 0.331 e. The van der Waals surface area contributed by atoms with Crippen LogP contribution in [-0.4, -0.2) is 61.3 Å². The van der Waals surface area contributed by atoms with Gasteiger partial charge in [0.2, 0.25) is 11.8 Å². The van der Waals surface area contributed by atoms with E-state index in [2.05, 4.69) is 28.0 Å². The van der Waals surface area contributed by atoms with Crippen molar-refractivity contribution in [3.8, 4) is 0 Å². The Kier molecular flexibility index (Phi) is 11.4. The van der Waals surface area contributed by atoms with Crippen LogP contribution < -0.4 is 16.4 Å². The van der Waals surface area contributed by atoms with E-state index in [0.29, 0.717) is 0 Å². The Hall–Kier alpha value is -2.07. The Bertz CT molecular complexity index is 575. The summed E-state index contributed by atoms with van der Waals surface area (Å²) in [5, 5.41) is 4.96. The van der Waals surface area contributed by atoms with E-state index >= 15 is 0 Å². The molecular formula is C17H29N3O6S. The Morgan fingerprint density at radius 3 is 2.15 bits per heavy atom. The molecular weight excluding hydrogens is 374 g/mol. The minimum atomic E-state index is -1.21. The summed E-state index contributed by atoms with van der Waals surface area (Å²) in [6.07, 6.45) is 1.26. The lowest BCUT2D eigenvalue weighted by molar-refractivity contribution is -0.150. The fraction of sp³-hybridized carbons (Fsp3) is 0.647. The number of hydrogen-bond acceptors (Lipinski definition) is 8. The van der Waals surface area contributed by atoms with E-state index in [4.69, 9.17) is 10.5 Å². The molecule has 0 bridgehead atoms. The SMILES string of the molecule is COC(=O)[C@H](COC(=O)C=C(C)C)NC(=O)[C@@H](NC(=O)[C@@H](N)CS)C(C)C. The summed E-state index contributed by atoms with van der Waals surface area (Å²) in [5.74, 6) is -2.76. The zero-order valence-corrected chi connectivity index (χ0v) is 17.2. The van der Waals surface area contributed by atoms with Gasteiger partial charge < -0.3 is 25.8 Å². The highest BCUT2D eigenvalue weighted by Crippen LogP contribution is 2.04. The molecule has 0 heterocycles. The van der Waals surface area contributed by atoms with E-state index in [1.165, 1.54) is 6.08 Å². The van der Waals surface area contributed by atoms with Crippen molar-refractivity contribution in [1.82, 2.24) is 10.6 Å². The highest BCUT2D eigenvalue weighted by atomic mass is 32.1. The Morgan fingerprint density at radius 2 is 1.70 bits per heavy atom. The molecule has 0 spiro atoms. The monoisotopic (exact) mass is 403 g/mol. The van der Waals surface area contributed by atoms with E-state index in [-0.39, 0.29) is 11.7 Å². The lowest BCUT2D eigenvalue weighted by atomic mass is 10.0. The standard InChI is InChI=1S/C17H29N3O6S/c1-9(2)6-13(21)26-7-12(17(24)25-5)19-16(23)14(10(3)4)20-15(22)11(18)8-27/h6,10-12,14,27H,7-8,18H2,1-5H3,(H,19,23)(H,20,22)/t11-,12-,14-/m0/s1. The molecule has 0 fully saturated rings. The number of nitrogens with two attached hydrogens (primary N) is 1. The third-order valence-electron chi connectivity index (χ3n) is 3.38. The molecule has 3 atom stereocenters. The molecule has 0 rings (SSSR count). The van der Waals surface area contributed by atoms with Gasteiger partial charge in [-0.25, -0.2) is 9.59 Å². The third-order valence-corrected chi connectivity index (χ3v) is 3.77. The van der Waals surface area contributed by atoms with Crippen LogP contribution in [0.4, 0.5) is 0 Å². The zero-order valence-electron chi connectivity index (χ0n) is 16.3. The van der Waals surface area contributed by atoms with Crippen LogP contribution >= 0.6 is 12.6 Å². The molecule has 2 amide bonds. The number of hydrogen-bond donors (Lipinski definition) is 4. The molecule has 0 unspecified atom stereocenters. The predicted molar refractivity (Wildman–Crippen MR) is 103 cm³/mol. The zero-order chi connectivity index (χ0) is 21.1. The van der Waals surface area contributed by atoms with Gasteiger partial charge in [0.15, 0.2) is 6.04 Å². The van der Waals surface area contributed by atoms with Crippen molar-refractivity contribution in [2.75, 3.05) is 19.5 Å². The van der Waals surface area contributed by atoms with Gasteiger partial charge in [-0.1, -0.05) is 19.4 Å². The highest BCUT2D eigenvalue weighted by Gasteiger charge is 2.30. The number of ether oxygens (including phenoxy) is 2. The molecule has 0 aromatic carbocycles. The van der Waals surface area contributed by atoms with Crippen molar-refractivity contribution in [3.63, 3.8) is 0 Å². The lowest BCUT2D eigenvalue weighted by Crippen LogP contribution is -2.57. The molecule has 0 aromatic rings. The Labute approximate surface area is 164 Å². The number of methoxy groups -OCH3 is 1. The van der Waals surface area contributed by atoms with Crippen LogP contribution in [0.5, 0.6) is 0 Å². The van der Waals surface area contributed by atoms with Crippen molar-refractivity contribution < 1.29 is 28.7 Å². The quantitative estimate of drug-likeness (QED) is 0.220. The maximum absolute atomic E-state index is 12.5. The average Bonchev–Trinajstić information content (AvgIpc) is 2.60. The number of allylic oxidation sites excluding steroid dienone is 1. The van der Waals surface area contributed by atoms with E-state index in [0.717, 1.165) is 12.7 Å². The largest absolute Gasteiger partial charge is 0.467 e. The number of carbonyl (C=O) groups excluding carboxylic acids is 4. The molecule has 9 nitrogen and oxygen atoms in total. The van der Waals surface area contributed by atoms with Crippen LogP contribution in [0, 0.1) is 5.92 Å². The number of rotatable bonds is 10. The van der Waals surface area contributed by atoms with Crippen LogP contribution in [0.15, 0.2) is 11.6 Å². The Balaban J connectivity index is 5.11. The number of amides is 2. The topological polar surface area (TPSA) is 137 Å². The Morgan fingerprint density at radius 1 is 1.11 bits per heavy atom. The van der Waals surface area contributed by atoms with E-state index in [9.17, 15) is 19.2 Å². The van der Waals surface area contributed by atoms with Gasteiger partial charge in [-0.05, 0) is 19.8 Å². The van der Waals surface area contributed by atoms with Crippen molar-refractivity contribution in [1.29, 1.82) is 0 Å². The molecule has 0 aromatic heterocycles. The lowest BCUT2D eigenvalue weighted by Gasteiger charge is -2.25. The fourth-order valence-corrected chi connectivity index (χ4v) is 2.06. The second kappa shape index (κ2) is 12.3. The van der Waals surface area contributed by atoms with Crippen LogP contribution in [0.3, 0.4) is 0 Å². The van der Waals surface area contributed by atoms with Crippen molar-refractivity contribution in [2.24, 2.45) is 11.7 Å². The first-order valence-electron chi connectivity index (χ1n) is 8.40. The number of carbonyl (C=O) groups is 4. The molecule has 10 heteroatoms. The van der Waals surface area contributed by atoms with Gasteiger partial charge >= 0.3 is 11.9 Å². The van der Waals surface area contributed by atoms with E-state index in [1.807, 2.05) is 0 Å². The van der Waals surface area contributed by atoms with Crippen LogP contribution in [0.1, 0.15) is 27.7 Å². The number of esters is 2. The summed E-state index contributed by atoms with van der Waals surface area (Å²) >= 11 is 3.95. The minimum absolute atomic E-state index is 0.114. The summed E-state index contributed by atoms with van der Waals surface area (Å²) in [6, 6.07) is -3.03. The van der Waals surface area contributed by atoms with Crippen LogP contribution in [0.2, 0.25) is 0 Å². The molecule has 0 saturated heterocycles. The second-order valence-electron chi connectivity index (χ2n) is 6.46. The molecule has 154 valence electrons. The molecule has 0 radical (unpaired) electrons. The fourth-order valence-electron chi connectivity index (χ4n) is 1.89. The first-order chi connectivity index (χ1) is 12.5. The van der Waals surface area contributed by atoms with Gasteiger partial charge in [-0.2, -0.15) is 12.6 Å². The van der Waals surface area contributed by atoms with Crippen molar-refractivity contribution in [2.45, 2.75) is 45.8 Å². The van der Waals surface area contributed by atoms with Crippen LogP contribution in [0.25, 0.3) is 0 Å². The van der Waals surface area contributed by atoms with Gasteiger partial charge in [0.05, 0.1) is 13.2 Å². The van der Waals surface area contributed by atoms with Crippen molar-refractivity contribution >= 4 is 36.4 Å². The van der Waals surface area contributed by atoms with Gasteiger partial charge in [0, 0.05) is 11.8 Å². The maximum atomic E-state index is 12.5. The molecule has 0 saturated carbocycles. The molecule has 0 aliphatic carbocycles. The summed E-state index contributed by atoms with van der Waals surface area (Å²) in [5.41, 5.74) is 6.32. The summed E-state index contributed by atoms with van der Waals surface area (Å²) in [7, 11) is 1.15. The average molecular weight is 404 g/mol. The minimum Gasteiger partial charge on any atom is -0.467 e. The normalized spacial score (nSPS) is 13.8. The second-order valence-corrected chi connectivity index (χ2v) is 6.82. The van der Waals surface area contributed by atoms with Gasteiger partial charge in [0.25, 0.3) is 0 Å². The predicted octanol–water partition coefficient (Wildman–Crippen LogP) is -0.448. The first kappa shape index (κ1) is 24.9. The third kappa shape index (κ3) is 9.43. The summed E-state index contributed by atoms with van der Waals surface area (Å²) in [4.78, 5) is 48.0. The number of nitrogens with one attached hydrogen (secondary N) is 2. The number of thiol groups is 1. The van der Waals surface area contributed by atoms with Crippen LogP contribution in [-0.2, 0) is 28.7 Å². The van der Waals surface area contributed by atoms with E-state index in [1.54, 1.807) is 27.7 Å². The molecule has 4 N–H and O–H groups in total.